The second-order valence-electron chi connectivity index (χ2n) is 11.8. The number of rotatable bonds is 9. The first kappa shape index (κ1) is 31.7. The summed E-state index contributed by atoms with van der Waals surface area (Å²) >= 11 is 0. The number of nitro groups is 1. The number of nitrogens with zero attached hydrogens (tertiary/aromatic N) is 1. The summed E-state index contributed by atoms with van der Waals surface area (Å²) in [4.78, 5) is 37.3. The quantitative estimate of drug-likeness (QED) is 0.0968. The molecule has 5 aromatic rings. The smallest absolute Gasteiger partial charge is 0.310 e. The van der Waals surface area contributed by atoms with Crippen molar-refractivity contribution >= 4 is 34.6 Å². The van der Waals surface area contributed by atoms with Crippen LogP contribution in [0, 0.1) is 15.9 Å². The Morgan fingerprint density at radius 3 is 2.38 bits per heavy atom. The SMILES string of the molecule is COc1cc(-c2ccc3c(c2)Nc2cc(C(C)(CNC(=O)c4ccccc4O)Cc4ccc(F)cc4)ccc2NC3=O)ccc1[N+](=O)[O-]. The first-order valence-corrected chi connectivity index (χ1v) is 15.0. The maximum Gasteiger partial charge on any atom is 0.310 e. The number of phenols is 1. The van der Waals surface area contributed by atoms with Crippen molar-refractivity contribution in [1.82, 2.24) is 5.32 Å². The fourth-order valence-corrected chi connectivity index (χ4v) is 5.86. The molecule has 4 N–H and O–H groups in total. The fraction of sp³-hybridized carbons (Fsp3) is 0.135. The Morgan fingerprint density at radius 1 is 0.917 bits per heavy atom. The van der Waals surface area contributed by atoms with Crippen LogP contribution in [-0.4, -0.2) is 35.5 Å². The van der Waals surface area contributed by atoms with Gasteiger partial charge >= 0.3 is 5.69 Å². The highest BCUT2D eigenvalue weighted by molar-refractivity contribution is 6.12. The zero-order valence-corrected chi connectivity index (χ0v) is 26.0. The van der Waals surface area contributed by atoms with Crippen molar-refractivity contribution < 1.29 is 28.7 Å². The van der Waals surface area contributed by atoms with Crippen molar-refractivity contribution in [3.63, 3.8) is 0 Å². The maximum absolute atomic E-state index is 13.8. The highest BCUT2D eigenvalue weighted by Gasteiger charge is 2.30. The molecule has 1 aliphatic rings. The second-order valence-corrected chi connectivity index (χ2v) is 11.8. The summed E-state index contributed by atoms with van der Waals surface area (Å²) in [5.74, 6) is -1.14. The molecule has 0 fully saturated rings. The molecular weight excluding hydrogens is 615 g/mol. The second kappa shape index (κ2) is 12.9. The molecule has 2 amide bonds. The highest BCUT2D eigenvalue weighted by atomic mass is 19.1. The van der Waals surface area contributed by atoms with Crippen molar-refractivity contribution in [2.75, 3.05) is 24.3 Å². The van der Waals surface area contributed by atoms with E-state index in [-0.39, 0.29) is 41.0 Å². The molecule has 0 bridgehead atoms. The molecule has 0 aromatic heterocycles. The van der Waals surface area contributed by atoms with Crippen molar-refractivity contribution in [2.24, 2.45) is 0 Å². The summed E-state index contributed by atoms with van der Waals surface area (Å²) in [6.45, 7) is 2.15. The summed E-state index contributed by atoms with van der Waals surface area (Å²) in [7, 11) is 1.37. The monoisotopic (exact) mass is 646 g/mol. The number of hydrogen-bond acceptors (Lipinski definition) is 7. The number of nitro benzene ring substituents is 1. The van der Waals surface area contributed by atoms with Gasteiger partial charge in [0.2, 0.25) is 0 Å². The lowest BCUT2D eigenvalue weighted by Gasteiger charge is -2.32. The molecule has 0 spiro atoms. The van der Waals surface area contributed by atoms with E-state index in [0.717, 1.165) is 11.1 Å². The summed E-state index contributed by atoms with van der Waals surface area (Å²) in [6.07, 6.45) is 0.433. The number of methoxy groups -OCH3 is 1. The predicted octanol–water partition coefficient (Wildman–Crippen LogP) is 7.35. The van der Waals surface area contributed by atoms with E-state index in [1.807, 2.05) is 19.1 Å². The van der Waals surface area contributed by atoms with Crippen LogP contribution in [0.1, 0.15) is 38.8 Å². The Kier molecular flexibility index (Phi) is 8.51. The number of phenolic OH excluding ortho intramolecular Hbond substituents is 1. The molecule has 48 heavy (non-hydrogen) atoms. The van der Waals surface area contributed by atoms with Gasteiger partial charge in [-0.1, -0.05) is 43.3 Å². The number of para-hydroxylation sites is 1. The summed E-state index contributed by atoms with van der Waals surface area (Å²) in [5, 5.41) is 30.9. The molecule has 1 heterocycles. The van der Waals surface area contributed by atoms with Gasteiger partial charge < -0.3 is 25.8 Å². The minimum absolute atomic E-state index is 0.114. The van der Waals surface area contributed by atoms with Crippen LogP contribution < -0.4 is 20.7 Å². The number of anilines is 3. The standard InChI is InChI=1S/C37H31FN4O6/c1-37(20-22-7-12-26(38)13-8-22,21-39-35(44)28-5-3-4-6-33(28)43)25-11-15-29-31(19-25)40-30-17-23(9-14-27(30)36(45)41-29)24-10-16-32(42(46)47)34(18-24)48-2/h3-19,40,43H,20-21H2,1-2H3,(H,39,44)(H,41,45). The van der Waals surface area contributed by atoms with E-state index >= 15 is 0 Å². The Bertz CT molecular complexity index is 2070. The van der Waals surface area contributed by atoms with E-state index < -0.39 is 16.2 Å². The average molecular weight is 647 g/mol. The first-order valence-electron chi connectivity index (χ1n) is 15.0. The predicted molar refractivity (Wildman–Crippen MR) is 181 cm³/mol. The molecule has 1 aliphatic heterocycles. The van der Waals surface area contributed by atoms with Gasteiger partial charge in [0.1, 0.15) is 11.6 Å². The van der Waals surface area contributed by atoms with Gasteiger partial charge in [-0.05, 0) is 89.3 Å². The highest BCUT2D eigenvalue weighted by Crippen LogP contribution is 2.39. The van der Waals surface area contributed by atoms with Gasteiger partial charge in [0.25, 0.3) is 11.8 Å². The molecule has 0 saturated carbocycles. The lowest BCUT2D eigenvalue weighted by molar-refractivity contribution is -0.385. The topological polar surface area (TPSA) is 143 Å². The van der Waals surface area contributed by atoms with Crippen molar-refractivity contribution in [2.45, 2.75) is 18.8 Å². The minimum Gasteiger partial charge on any atom is -0.507 e. The number of hydrogen-bond donors (Lipinski definition) is 4. The third-order valence-corrected chi connectivity index (χ3v) is 8.50. The number of amides is 2. The number of aromatic hydroxyl groups is 1. The Morgan fingerprint density at radius 2 is 1.65 bits per heavy atom. The number of carbonyl (C=O) groups is 2. The van der Waals surface area contributed by atoms with E-state index in [1.165, 1.54) is 37.4 Å². The van der Waals surface area contributed by atoms with Crippen molar-refractivity contribution in [3.05, 3.63) is 141 Å². The van der Waals surface area contributed by atoms with Crippen molar-refractivity contribution in [1.29, 1.82) is 0 Å². The first-order chi connectivity index (χ1) is 23.0. The zero-order chi connectivity index (χ0) is 34.0. The van der Waals surface area contributed by atoms with Gasteiger partial charge in [-0.3, -0.25) is 19.7 Å². The van der Waals surface area contributed by atoms with Crippen LogP contribution in [0.4, 0.5) is 27.1 Å². The van der Waals surface area contributed by atoms with Crippen molar-refractivity contribution in [3.8, 4) is 22.6 Å². The van der Waals surface area contributed by atoms with Crippen LogP contribution in [-0.2, 0) is 11.8 Å². The van der Waals surface area contributed by atoms with Crippen LogP contribution in [0.3, 0.4) is 0 Å². The molecular formula is C37H31FN4O6. The van der Waals surface area contributed by atoms with Gasteiger partial charge in [-0.2, -0.15) is 0 Å². The third kappa shape index (κ3) is 6.38. The molecule has 5 aromatic carbocycles. The molecule has 10 nitrogen and oxygen atoms in total. The van der Waals surface area contributed by atoms with E-state index in [4.69, 9.17) is 4.74 Å². The molecule has 0 saturated heterocycles. The van der Waals surface area contributed by atoms with E-state index in [2.05, 4.69) is 16.0 Å². The zero-order valence-electron chi connectivity index (χ0n) is 26.0. The van der Waals surface area contributed by atoms with Crippen LogP contribution >= 0.6 is 0 Å². The molecule has 1 unspecified atom stereocenters. The normalized spacial score (nSPS) is 13.1. The number of carbonyl (C=O) groups excluding carboxylic acids is 2. The van der Waals surface area contributed by atoms with Gasteiger partial charge in [0.05, 0.1) is 40.2 Å². The van der Waals surface area contributed by atoms with E-state index in [0.29, 0.717) is 40.2 Å². The minimum atomic E-state index is -0.717. The van der Waals surface area contributed by atoms with Gasteiger partial charge in [0.15, 0.2) is 5.75 Å². The molecule has 1 atom stereocenters. The third-order valence-electron chi connectivity index (χ3n) is 8.50. The Labute approximate surface area is 275 Å². The fourth-order valence-electron chi connectivity index (χ4n) is 5.86. The maximum atomic E-state index is 13.8. The summed E-state index contributed by atoms with van der Waals surface area (Å²) in [6, 6.07) is 27.8. The van der Waals surface area contributed by atoms with Gasteiger partial charge in [-0.15, -0.1) is 0 Å². The number of nitrogens with one attached hydrogen (secondary N) is 3. The Balaban J connectivity index is 1.36. The lowest BCUT2D eigenvalue weighted by atomic mass is 9.76. The van der Waals surface area contributed by atoms with E-state index in [9.17, 15) is 29.2 Å². The lowest BCUT2D eigenvalue weighted by Crippen LogP contribution is -2.40. The summed E-state index contributed by atoms with van der Waals surface area (Å²) < 4.78 is 19.0. The van der Waals surface area contributed by atoms with Crippen LogP contribution in [0.2, 0.25) is 0 Å². The molecule has 242 valence electrons. The molecule has 6 rings (SSSR count). The number of benzene rings is 5. The average Bonchev–Trinajstić information content (AvgIpc) is 3.22. The van der Waals surface area contributed by atoms with Crippen LogP contribution in [0.25, 0.3) is 11.1 Å². The summed E-state index contributed by atoms with van der Waals surface area (Å²) in [5.41, 5.74) is 4.37. The largest absolute Gasteiger partial charge is 0.507 e. The van der Waals surface area contributed by atoms with E-state index in [1.54, 1.807) is 60.7 Å². The van der Waals surface area contributed by atoms with Gasteiger partial charge in [0, 0.05) is 18.0 Å². The van der Waals surface area contributed by atoms with Crippen LogP contribution in [0.15, 0.2) is 103 Å². The van der Waals surface area contributed by atoms with Crippen LogP contribution in [0.5, 0.6) is 11.5 Å². The number of ether oxygens (including phenoxy) is 1. The molecule has 11 heteroatoms. The molecule has 0 aliphatic carbocycles. The Hall–Kier alpha value is -6.23. The number of fused-ring (bicyclic) bond motifs is 2. The number of halogens is 1. The molecule has 0 radical (unpaired) electrons. The van der Waals surface area contributed by atoms with Gasteiger partial charge in [-0.25, -0.2) is 4.39 Å².